The Hall–Kier alpha value is -0.670. The van der Waals surface area contributed by atoms with Crippen molar-refractivity contribution in [2.45, 2.75) is 64.9 Å². The van der Waals surface area contributed by atoms with E-state index in [1.807, 2.05) is 0 Å². The number of Topliss-reactive ketones (excluding diaryl/α,β-unsaturated/α-hetero) is 1. The van der Waals surface area contributed by atoms with Crippen molar-refractivity contribution in [2.75, 3.05) is 20.6 Å². The maximum Gasteiger partial charge on any atom is 0.143 e. The Morgan fingerprint density at radius 1 is 1.16 bits per heavy atom. The van der Waals surface area contributed by atoms with Gasteiger partial charge in [-0.2, -0.15) is 0 Å². The molecule has 4 rings (SSSR count). The monoisotopic (exact) mass is 345 g/mol. The van der Waals surface area contributed by atoms with Crippen LogP contribution < -0.4 is 0 Å². The number of aliphatic hydroxyl groups is 1. The Balaban J connectivity index is 1.63. The van der Waals surface area contributed by atoms with Crippen molar-refractivity contribution in [2.24, 2.45) is 34.5 Å². The third-order valence-electron chi connectivity index (χ3n) is 8.53. The molecular weight excluding hydrogens is 310 g/mol. The lowest BCUT2D eigenvalue weighted by molar-refractivity contribution is -0.134. The molecule has 0 aromatic rings. The number of hydrogen-bond acceptors (Lipinski definition) is 3. The van der Waals surface area contributed by atoms with Gasteiger partial charge in [-0.05, 0) is 82.2 Å². The van der Waals surface area contributed by atoms with Gasteiger partial charge in [0.1, 0.15) is 5.78 Å². The number of aliphatic hydroxyl groups excluding tert-OH is 1. The molecule has 0 bridgehead atoms. The molecule has 3 fully saturated rings. The van der Waals surface area contributed by atoms with Crippen LogP contribution >= 0.6 is 0 Å². The zero-order valence-corrected chi connectivity index (χ0v) is 16.4. The average molecular weight is 346 g/mol. The van der Waals surface area contributed by atoms with E-state index in [0.29, 0.717) is 23.5 Å². The van der Waals surface area contributed by atoms with Crippen molar-refractivity contribution in [3.05, 3.63) is 11.6 Å². The summed E-state index contributed by atoms with van der Waals surface area (Å²) in [7, 11) is 4.18. The molecular formula is C22H35NO2. The van der Waals surface area contributed by atoms with Gasteiger partial charge in [-0.3, -0.25) is 4.79 Å². The molecule has 0 aromatic carbocycles. The predicted octanol–water partition coefficient (Wildman–Crippen LogP) is 3.67. The van der Waals surface area contributed by atoms with E-state index in [-0.39, 0.29) is 22.9 Å². The zero-order valence-electron chi connectivity index (χ0n) is 16.4. The van der Waals surface area contributed by atoms with Gasteiger partial charge < -0.3 is 10.0 Å². The van der Waals surface area contributed by atoms with Gasteiger partial charge >= 0.3 is 0 Å². The Bertz CT molecular complexity index is 597. The normalized spacial score (nSPS) is 49.4. The molecule has 1 N–H and O–H groups in total. The van der Waals surface area contributed by atoms with Gasteiger partial charge in [-0.1, -0.05) is 25.5 Å². The van der Waals surface area contributed by atoms with Gasteiger partial charge in [0.05, 0.1) is 6.10 Å². The molecule has 0 saturated heterocycles. The summed E-state index contributed by atoms with van der Waals surface area (Å²) in [4.78, 5) is 15.4. The smallest absolute Gasteiger partial charge is 0.143 e. The minimum atomic E-state index is -0.137. The van der Waals surface area contributed by atoms with Crippen molar-refractivity contribution in [1.82, 2.24) is 4.90 Å². The number of carbonyl (C=O) groups is 1. The van der Waals surface area contributed by atoms with Gasteiger partial charge in [-0.15, -0.1) is 0 Å². The molecule has 0 radical (unpaired) electrons. The maximum absolute atomic E-state index is 13.2. The lowest BCUT2D eigenvalue weighted by Crippen LogP contribution is -2.50. The summed E-state index contributed by atoms with van der Waals surface area (Å²) in [6.45, 7) is 5.64. The molecule has 3 nitrogen and oxygen atoms in total. The first-order valence-corrected chi connectivity index (χ1v) is 10.3. The van der Waals surface area contributed by atoms with Crippen molar-refractivity contribution < 1.29 is 9.90 Å². The summed E-state index contributed by atoms with van der Waals surface area (Å²) >= 11 is 0. The summed E-state index contributed by atoms with van der Waals surface area (Å²) in [6, 6.07) is 0. The van der Waals surface area contributed by atoms with Gasteiger partial charge in [0, 0.05) is 17.9 Å². The summed E-state index contributed by atoms with van der Waals surface area (Å²) in [5.41, 5.74) is 1.70. The van der Waals surface area contributed by atoms with E-state index in [4.69, 9.17) is 0 Å². The standard InChI is InChI=1S/C22H35NO2/c1-21-9-7-16(24)12-15(21)5-6-17-18(21)8-10-22(2)19(17)11-14(20(22)25)13-23(3)4/h5,14,16-19,24H,6-13H2,1-4H3. The first-order valence-electron chi connectivity index (χ1n) is 10.3. The zero-order chi connectivity index (χ0) is 18.0. The highest BCUT2D eigenvalue weighted by Gasteiger charge is 2.60. The highest BCUT2D eigenvalue weighted by Crippen LogP contribution is 2.64. The van der Waals surface area contributed by atoms with Gasteiger partial charge in [0.15, 0.2) is 0 Å². The summed E-state index contributed by atoms with van der Waals surface area (Å²) < 4.78 is 0. The van der Waals surface area contributed by atoms with Gasteiger partial charge in [0.2, 0.25) is 0 Å². The van der Waals surface area contributed by atoms with Crippen LogP contribution in [0.4, 0.5) is 0 Å². The van der Waals surface area contributed by atoms with E-state index in [2.05, 4.69) is 38.9 Å². The number of rotatable bonds is 2. The molecule has 140 valence electrons. The molecule has 3 heteroatoms. The lowest BCUT2D eigenvalue weighted by Gasteiger charge is -2.56. The molecule has 0 heterocycles. The molecule has 4 aliphatic rings. The second-order valence-electron chi connectivity index (χ2n) is 10.2. The molecule has 0 amide bonds. The topological polar surface area (TPSA) is 40.5 Å². The van der Waals surface area contributed by atoms with Gasteiger partial charge in [0.25, 0.3) is 0 Å². The largest absolute Gasteiger partial charge is 0.393 e. The van der Waals surface area contributed by atoms with Crippen LogP contribution in [0, 0.1) is 34.5 Å². The highest BCUT2D eigenvalue weighted by molar-refractivity contribution is 5.89. The number of fused-ring (bicyclic) bond motifs is 5. The molecule has 7 unspecified atom stereocenters. The minimum absolute atomic E-state index is 0.0856. The Morgan fingerprint density at radius 3 is 2.60 bits per heavy atom. The third-order valence-corrected chi connectivity index (χ3v) is 8.53. The molecule has 4 aliphatic carbocycles. The van der Waals surface area contributed by atoms with Crippen molar-refractivity contribution in [1.29, 1.82) is 0 Å². The molecule has 7 atom stereocenters. The van der Waals surface area contributed by atoms with Crippen LogP contribution in [0.2, 0.25) is 0 Å². The molecule has 0 spiro atoms. The highest BCUT2D eigenvalue weighted by atomic mass is 16.3. The molecule has 0 aromatic heterocycles. The second kappa shape index (κ2) is 5.92. The van der Waals surface area contributed by atoms with Crippen LogP contribution in [-0.2, 0) is 4.79 Å². The molecule has 25 heavy (non-hydrogen) atoms. The van der Waals surface area contributed by atoms with Crippen LogP contribution in [0.5, 0.6) is 0 Å². The van der Waals surface area contributed by atoms with Crippen LogP contribution in [0.15, 0.2) is 11.6 Å². The summed E-state index contributed by atoms with van der Waals surface area (Å²) in [5.74, 6) is 2.71. The number of nitrogens with zero attached hydrogens (tertiary/aromatic N) is 1. The van der Waals surface area contributed by atoms with E-state index in [9.17, 15) is 9.90 Å². The predicted molar refractivity (Wildman–Crippen MR) is 100 cm³/mol. The van der Waals surface area contributed by atoms with E-state index < -0.39 is 0 Å². The Morgan fingerprint density at radius 2 is 1.88 bits per heavy atom. The minimum Gasteiger partial charge on any atom is -0.393 e. The van der Waals surface area contributed by atoms with E-state index in [1.54, 1.807) is 0 Å². The number of hydrogen-bond donors (Lipinski definition) is 1. The quantitative estimate of drug-likeness (QED) is 0.776. The number of carbonyl (C=O) groups excluding carboxylic acids is 1. The van der Waals surface area contributed by atoms with Crippen LogP contribution in [0.3, 0.4) is 0 Å². The number of ketones is 1. The first-order chi connectivity index (χ1) is 11.8. The van der Waals surface area contributed by atoms with E-state index in [0.717, 1.165) is 45.1 Å². The van der Waals surface area contributed by atoms with Crippen molar-refractivity contribution in [3.8, 4) is 0 Å². The van der Waals surface area contributed by atoms with Crippen LogP contribution in [-0.4, -0.2) is 42.5 Å². The fraction of sp³-hybridized carbons (Fsp3) is 0.864. The third kappa shape index (κ3) is 2.56. The van der Waals surface area contributed by atoms with E-state index in [1.165, 1.54) is 12.0 Å². The molecule has 0 aliphatic heterocycles. The van der Waals surface area contributed by atoms with Crippen molar-refractivity contribution in [3.63, 3.8) is 0 Å². The SMILES string of the molecule is CN(C)CC1CC2C3CC=C4CC(O)CCC4(C)C3CCC2(C)C1=O. The second-order valence-corrected chi connectivity index (χ2v) is 10.2. The van der Waals surface area contributed by atoms with Crippen LogP contribution in [0.1, 0.15) is 58.8 Å². The fourth-order valence-corrected chi connectivity index (χ4v) is 7.18. The van der Waals surface area contributed by atoms with Crippen molar-refractivity contribution >= 4 is 5.78 Å². The summed E-state index contributed by atoms with van der Waals surface area (Å²) in [5, 5.41) is 10.1. The fourth-order valence-electron chi connectivity index (χ4n) is 7.18. The van der Waals surface area contributed by atoms with Crippen LogP contribution in [0.25, 0.3) is 0 Å². The van der Waals surface area contributed by atoms with E-state index >= 15 is 0 Å². The maximum atomic E-state index is 13.2. The summed E-state index contributed by atoms with van der Waals surface area (Å²) in [6.07, 6.45) is 9.77. The lowest BCUT2D eigenvalue weighted by atomic mass is 9.48. The average Bonchev–Trinajstić information content (AvgIpc) is 2.79. The molecule has 3 saturated carbocycles. The van der Waals surface area contributed by atoms with Gasteiger partial charge in [-0.25, -0.2) is 0 Å². The Labute approximate surface area is 152 Å². The Kier molecular flexibility index (Phi) is 4.20. The number of allylic oxidation sites excluding steroid dienone is 1. The first kappa shape index (κ1) is 17.7.